The molecule has 0 spiro atoms. The Balaban J connectivity index is 2.25. The molecule has 2 aliphatic heterocycles. The Bertz CT molecular complexity index is 272. The van der Waals surface area contributed by atoms with Crippen molar-refractivity contribution in [3.05, 3.63) is 0 Å². The summed E-state index contributed by atoms with van der Waals surface area (Å²) < 4.78 is 0. The molecule has 0 bridgehead atoms. The van der Waals surface area contributed by atoms with Gasteiger partial charge in [-0.3, -0.25) is 0 Å². The first kappa shape index (κ1) is 10.7. The summed E-state index contributed by atoms with van der Waals surface area (Å²) in [5.41, 5.74) is 0.0316. The summed E-state index contributed by atoms with van der Waals surface area (Å²) >= 11 is 0. The van der Waals surface area contributed by atoms with Gasteiger partial charge in [0.15, 0.2) is 0 Å². The van der Waals surface area contributed by atoms with Crippen LogP contribution in [-0.2, 0) is 0 Å². The van der Waals surface area contributed by atoms with E-state index in [1.54, 1.807) is 4.90 Å². The van der Waals surface area contributed by atoms with Gasteiger partial charge in [0.1, 0.15) is 0 Å². The van der Waals surface area contributed by atoms with Gasteiger partial charge >= 0.3 is 6.09 Å². The molecule has 15 heavy (non-hydrogen) atoms. The number of hydrogen-bond acceptors (Lipinski definition) is 2. The Kier molecular flexibility index (Phi) is 2.41. The van der Waals surface area contributed by atoms with Crippen molar-refractivity contribution in [1.82, 2.24) is 10.2 Å². The molecule has 0 aromatic rings. The quantitative estimate of drug-likeness (QED) is 0.635. The van der Waals surface area contributed by atoms with Gasteiger partial charge in [0, 0.05) is 25.7 Å². The number of nitrogens with one attached hydrogen (secondary N) is 1. The minimum atomic E-state index is -0.760. The predicted octanol–water partition coefficient (Wildman–Crippen LogP) is 1.23. The molecule has 2 N–H and O–H groups in total. The maximum atomic E-state index is 11.2. The van der Waals surface area contributed by atoms with Crippen molar-refractivity contribution in [3.63, 3.8) is 0 Å². The molecule has 0 aromatic carbocycles. The van der Waals surface area contributed by atoms with Gasteiger partial charge in [-0.05, 0) is 17.3 Å². The van der Waals surface area contributed by atoms with Gasteiger partial charge < -0.3 is 15.3 Å². The molecule has 0 saturated carbocycles. The summed E-state index contributed by atoms with van der Waals surface area (Å²) in [6.07, 6.45) is -0.760. The van der Waals surface area contributed by atoms with Gasteiger partial charge in [0.2, 0.25) is 0 Å². The van der Waals surface area contributed by atoms with Gasteiger partial charge in [-0.25, -0.2) is 4.79 Å². The zero-order valence-electron chi connectivity index (χ0n) is 9.66. The van der Waals surface area contributed by atoms with Gasteiger partial charge in [-0.15, -0.1) is 0 Å². The summed E-state index contributed by atoms with van der Waals surface area (Å²) in [6.45, 7) is 9.04. The summed E-state index contributed by atoms with van der Waals surface area (Å²) in [4.78, 5) is 12.8. The van der Waals surface area contributed by atoms with E-state index in [1.165, 1.54) is 0 Å². The first-order valence-electron chi connectivity index (χ1n) is 5.61. The van der Waals surface area contributed by atoms with Crippen molar-refractivity contribution in [1.29, 1.82) is 0 Å². The van der Waals surface area contributed by atoms with Crippen LogP contribution in [-0.4, -0.2) is 41.8 Å². The van der Waals surface area contributed by atoms with Crippen LogP contribution in [0.3, 0.4) is 0 Å². The Morgan fingerprint density at radius 1 is 1.40 bits per heavy atom. The average Bonchev–Trinajstić information content (AvgIpc) is 2.56. The molecule has 2 fully saturated rings. The molecule has 4 nitrogen and oxygen atoms in total. The van der Waals surface area contributed by atoms with E-state index in [2.05, 4.69) is 26.1 Å². The Morgan fingerprint density at radius 2 is 2.07 bits per heavy atom. The monoisotopic (exact) mass is 212 g/mol. The number of nitrogens with zero attached hydrogens (tertiary/aromatic N) is 1. The molecule has 2 rings (SSSR count). The molecule has 0 unspecified atom stereocenters. The lowest BCUT2D eigenvalue weighted by atomic mass is 9.78. The molecule has 2 heterocycles. The Labute approximate surface area is 90.6 Å². The normalized spacial score (nSPS) is 35.7. The van der Waals surface area contributed by atoms with Gasteiger partial charge in [-0.2, -0.15) is 0 Å². The molecule has 3 atom stereocenters. The van der Waals surface area contributed by atoms with Crippen molar-refractivity contribution >= 4 is 6.09 Å². The van der Waals surface area contributed by atoms with Crippen LogP contribution in [0.1, 0.15) is 20.8 Å². The van der Waals surface area contributed by atoms with E-state index < -0.39 is 6.09 Å². The van der Waals surface area contributed by atoms with E-state index in [4.69, 9.17) is 0 Å². The third-order valence-corrected chi connectivity index (χ3v) is 3.70. The van der Waals surface area contributed by atoms with Crippen LogP contribution in [0.4, 0.5) is 4.79 Å². The summed E-state index contributed by atoms with van der Waals surface area (Å²) in [5.74, 6) is 1.02. The number of carbonyl (C=O) groups is 1. The first-order chi connectivity index (χ1) is 6.91. The minimum Gasteiger partial charge on any atom is -0.465 e. The van der Waals surface area contributed by atoms with Crippen molar-refractivity contribution < 1.29 is 9.90 Å². The number of amides is 1. The molecule has 2 saturated heterocycles. The SMILES string of the molecule is CC(C)(C)[C@H]1[C@@H]2CNC[C@H]2CN1C(=O)O. The predicted molar refractivity (Wildman–Crippen MR) is 57.8 cm³/mol. The van der Waals surface area contributed by atoms with E-state index in [-0.39, 0.29) is 11.5 Å². The van der Waals surface area contributed by atoms with Gasteiger partial charge in [-0.1, -0.05) is 20.8 Å². The number of rotatable bonds is 0. The largest absolute Gasteiger partial charge is 0.465 e. The van der Waals surface area contributed by atoms with E-state index in [9.17, 15) is 9.90 Å². The van der Waals surface area contributed by atoms with Crippen LogP contribution in [0.25, 0.3) is 0 Å². The van der Waals surface area contributed by atoms with Gasteiger partial charge in [0.25, 0.3) is 0 Å². The summed E-state index contributed by atoms with van der Waals surface area (Å²) in [7, 11) is 0. The van der Waals surface area contributed by atoms with Crippen LogP contribution in [0, 0.1) is 17.3 Å². The zero-order valence-corrected chi connectivity index (χ0v) is 9.66. The summed E-state index contributed by atoms with van der Waals surface area (Å²) in [5, 5.41) is 12.6. The number of fused-ring (bicyclic) bond motifs is 1. The highest BCUT2D eigenvalue weighted by Gasteiger charge is 2.50. The molecule has 4 heteroatoms. The second kappa shape index (κ2) is 3.37. The molecule has 2 aliphatic rings. The lowest BCUT2D eigenvalue weighted by Crippen LogP contribution is -2.46. The van der Waals surface area contributed by atoms with E-state index in [1.807, 2.05) is 0 Å². The standard InChI is InChI=1S/C11H20N2O2/c1-11(2,3)9-8-5-12-4-7(8)6-13(9)10(14)15/h7-9,12H,4-6H2,1-3H3,(H,14,15)/t7-,8+,9+/m0/s1. The second-order valence-corrected chi connectivity index (χ2v) is 5.83. The third-order valence-electron chi connectivity index (χ3n) is 3.70. The fourth-order valence-corrected chi connectivity index (χ4v) is 3.23. The zero-order chi connectivity index (χ0) is 11.2. The average molecular weight is 212 g/mol. The van der Waals surface area contributed by atoms with Crippen molar-refractivity contribution in [2.75, 3.05) is 19.6 Å². The highest BCUT2D eigenvalue weighted by molar-refractivity contribution is 5.66. The van der Waals surface area contributed by atoms with Crippen LogP contribution >= 0.6 is 0 Å². The number of likely N-dealkylation sites (tertiary alicyclic amines) is 1. The van der Waals surface area contributed by atoms with Crippen LogP contribution in [0.5, 0.6) is 0 Å². The van der Waals surface area contributed by atoms with Crippen molar-refractivity contribution in [2.45, 2.75) is 26.8 Å². The van der Waals surface area contributed by atoms with Crippen LogP contribution < -0.4 is 5.32 Å². The summed E-state index contributed by atoms with van der Waals surface area (Å²) in [6, 6.07) is 0.162. The van der Waals surface area contributed by atoms with E-state index in [0.29, 0.717) is 18.4 Å². The smallest absolute Gasteiger partial charge is 0.407 e. The number of hydrogen-bond donors (Lipinski definition) is 2. The van der Waals surface area contributed by atoms with E-state index >= 15 is 0 Å². The third kappa shape index (κ3) is 1.71. The molecule has 1 amide bonds. The maximum Gasteiger partial charge on any atom is 0.407 e. The molecule has 0 aromatic heterocycles. The highest BCUT2D eigenvalue weighted by atomic mass is 16.4. The lowest BCUT2D eigenvalue weighted by molar-refractivity contribution is 0.0918. The van der Waals surface area contributed by atoms with Crippen LogP contribution in [0.2, 0.25) is 0 Å². The maximum absolute atomic E-state index is 11.2. The minimum absolute atomic E-state index is 0.0316. The number of carboxylic acid groups (broad SMARTS) is 1. The van der Waals surface area contributed by atoms with E-state index in [0.717, 1.165) is 13.1 Å². The molecule has 0 radical (unpaired) electrons. The molecule has 86 valence electrons. The Morgan fingerprint density at radius 3 is 2.60 bits per heavy atom. The fourth-order valence-electron chi connectivity index (χ4n) is 3.23. The van der Waals surface area contributed by atoms with Crippen molar-refractivity contribution in [3.8, 4) is 0 Å². The van der Waals surface area contributed by atoms with Crippen molar-refractivity contribution in [2.24, 2.45) is 17.3 Å². The first-order valence-corrected chi connectivity index (χ1v) is 5.61. The Hall–Kier alpha value is -0.770. The lowest BCUT2D eigenvalue weighted by Gasteiger charge is -2.36. The van der Waals surface area contributed by atoms with Gasteiger partial charge in [0.05, 0.1) is 0 Å². The molecular weight excluding hydrogens is 192 g/mol. The molecule has 0 aliphatic carbocycles. The van der Waals surface area contributed by atoms with Crippen LogP contribution in [0.15, 0.2) is 0 Å². The second-order valence-electron chi connectivity index (χ2n) is 5.83. The highest BCUT2D eigenvalue weighted by Crippen LogP contribution is 2.41. The fraction of sp³-hybridized carbons (Fsp3) is 0.909. The topological polar surface area (TPSA) is 52.6 Å². The molecular formula is C11H20N2O2.